The lowest BCUT2D eigenvalue weighted by molar-refractivity contribution is -0.149. The van der Waals surface area contributed by atoms with Crippen molar-refractivity contribution >= 4 is 23.3 Å². The number of amides is 1. The molecular weight excluding hydrogens is 380 g/mol. The first-order chi connectivity index (χ1) is 14.4. The average Bonchev–Trinajstić information content (AvgIpc) is 3.27. The van der Waals surface area contributed by atoms with Gasteiger partial charge in [0.1, 0.15) is 5.75 Å². The summed E-state index contributed by atoms with van der Waals surface area (Å²) in [5, 5.41) is 2.80. The fourth-order valence-electron chi connectivity index (χ4n) is 3.43. The molecule has 0 radical (unpaired) electrons. The number of esters is 1. The largest absolute Gasteiger partial charge is 0.482 e. The minimum Gasteiger partial charge on any atom is -0.482 e. The zero-order chi connectivity index (χ0) is 21.5. The zero-order valence-corrected chi connectivity index (χ0v) is 17.9. The van der Waals surface area contributed by atoms with Gasteiger partial charge in [-0.2, -0.15) is 0 Å². The van der Waals surface area contributed by atoms with Crippen LogP contribution in [0.25, 0.3) is 0 Å². The predicted octanol–water partition coefficient (Wildman–Crippen LogP) is 4.28. The van der Waals surface area contributed by atoms with Crippen molar-refractivity contribution in [2.45, 2.75) is 39.5 Å². The van der Waals surface area contributed by atoms with E-state index >= 15 is 0 Å². The van der Waals surface area contributed by atoms with E-state index in [2.05, 4.69) is 30.1 Å². The molecule has 1 aliphatic rings. The SMILES string of the molecule is Cc1cc(N2CCCC2)ccc1NC(=O)COC(=O)COc1ccc(C(C)C)cc1. The summed E-state index contributed by atoms with van der Waals surface area (Å²) in [7, 11) is 0. The van der Waals surface area contributed by atoms with Crippen molar-refractivity contribution in [3.05, 3.63) is 53.6 Å². The number of ether oxygens (including phenoxy) is 2. The molecule has 160 valence electrons. The maximum atomic E-state index is 12.1. The third-order valence-electron chi connectivity index (χ3n) is 5.22. The summed E-state index contributed by atoms with van der Waals surface area (Å²) < 4.78 is 10.4. The number of anilines is 2. The molecule has 1 heterocycles. The van der Waals surface area contributed by atoms with E-state index in [0.29, 0.717) is 11.7 Å². The van der Waals surface area contributed by atoms with E-state index in [9.17, 15) is 9.59 Å². The molecule has 1 N–H and O–H groups in total. The molecule has 2 aromatic rings. The van der Waals surface area contributed by atoms with E-state index in [1.54, 1.807) is 0 Å². The monoisotopic (exact) mass is 410 g/mol. The van der Waals surface area contributed by atoms with Crippen molar-refractivity contribution in [1.82, 2.24) is 0 Å². The van der Waals surface area contributed by atoms with Gasteiger partial charge < -0.3 is 19.7 Å². The van der Waals surface area contributed by atoms with Gasteiger partial charge in [-0.05, 0) is 67.1 Å². The van der Waals surface area contributed by atoms with Crippen LogP contribution in [-0.2, 0) is 14.3 Å². The van der Waals surface area contributed by atoms with Crippen molar-refractivity contribution in [3.8, 4) is 5.75 Å². The molecule has 1 saturated heterocycles. The van der Waals surface area contributed by atoms with Crippen LogP contribution in [-0.4, -0.2) is 38.2 Å². The Morgan fingerprint density at radius 1 is 1.03 bits per heavy atom. The van der Waals surface area contributed by atoms with Gasteiger partial charge in [-0.1, -0.05) is 26.0 Å². The molecule has 0 saturated carbocycles. The third-order valence-corrected chi connectivity index (χ3v) is 5.22. The number of nitrogens with one attached hydrogen (secondary N) is 1. The van der Waals surface area contributed by atoms with E-state index in [1.807, 2.05) is 43.3 Å². The van der Waals surface area contributed by atoms with Crippen LogP contribution in [0.2, 0.25) is 0 Å². The van der Waals surface area contributed by atoms with Crippen molar-refractivity contribution < 1.29 is 19.1 Å². The Kier molecular flexibility index (Phi) is 7.33. The second kappa shape index (κ2) is 10.1. The van der Waals surface area contributed by atoms with Gasteiger partial charge in [-0.15, -0.1) is 0 Å². The lowest BCUT2D eigenvalue weighted by Crippen LogP contribution is -2.24. The molecule has 6 heteroatoms. The number of hydrogen-bond donors (Lipinski definition) is 1. The van der Waals surface area contributed by atoms with Crippen LogP contribution in [0.3, 0.4) is 0 Å². The maximum absolute atomic E-state index is 12.1. The van der Waals surface area contributed by atoms with E-state index in [0.717, 1.165) is 24.3 Å². The molecule has 3 rings (SSSR count). The summed E-state index contributed by atoms with van der Waals surface area (Å²) in [6.45, 7) is 7.75. The highest BCUT2D eigenvalue weighted by molar-refractivity contribution is 5.93. The van der Waals surface area contributed by atoms with Crippen molar-refractivity contribution in [2.75, 3.05) is 36.5 Å². The quantitative estimate of drug-likeness (QED) is 0.658. The van der Waals surface area contributed by atoms with Gasteiger partial charge in [0.2, 0.25) is 0 Å². The highest BCUT2D eigenvalue weighted by atomic mass is 16.6. The molecule has 1 fully saturated rings. The predicted molar refractivity (Wildman–Crippen MR) is 118 cm³/mol. The van der Waals surface area contributed by atoms with Crippen LogP contribution in [0.5, 0.6) is 5.75 Å². The standard InChI is InChI=1S/C24H30N2O4/c1-17(2)19-6-9-21(10-7-19)29-16-24(28)30-15-23(27)25-22-11-8-20(14-18(22)3)26-12-4-5-13-26/h6-11,14,17H,4-5,12-13,15-16H2,1-3H3,(H,25,27). The molecule has 0 atom stereocenters. The van der Waals surface area contributed by atoms with E-state index in [1.165, 1.54) is 24.1 Å². The summed E-state index contributed by atoms with van der Waals surface area (Å²) >= 11 is 0. The van der Waals surface area contributed by atoms with Gasteiger partial charge in [0.25, 0.3) is 5.91 Å². The lowest BCUT2D eigenvalue weighted by Gasteiger charge is -2.19. The first kappa shape index (κ1) is 21.7. The van der Waals surface area contributed by atoms with E-state index in [4.69, 9.17) is 9.47 Å². The molecule has 0 unspecified atom stereocenters. The summed E-state index contributed by atoms with van der Waals surface area (Å²) in [5.74, 6) is 0.0675. The average molecular weight is 411 g/mol. The molecule has 0 spiro atoms. The first-order valence-electron chi connectivity index (χ1n) is 10.5. The number of aryl methyl sites for hydroxylation is 1. The second-order valence-corrected chi connectivity index (χ2v) is 7.91. The van der Waals surface area contributed by atoms with Crippen LogP contribution < -0.4 is 15.0 Å². The third kappa shape index (κ3) is 5.99. The molecule has 6 nitrogen and oxygen atoms in total. The van der Waals surface area contributed by atoms with Crippen LogP contribution in [0.4, 0.5) is 11.4 Å². The van der Waals surface area contributed by atoms with E-state index in [-0.39, 0.29) is 19.1 Å². The highest BCUT2D eigenvalue weighted by Gasteiger charge is 2.14. The van der Waals surface area contributed by atoms with Crippen LogP contribution in [0.1, 0.15) is 43.7 Å². The van der Waals surface area contributed by atoms with Gasteiger partial charge in [0.05, 0.1) is 0 Å². The Morgan fingerprint density at radius 2 is 1.73 bits per heavy atom. The Balaban J connectivity index is 1.42. The molecule has 2 aromatic carbocycles. The molecular formula is C24H30N2O4. The Morgan fingerprint density at radius 3 is 2.37 bits per heavy atom. The molecule has 30 heavy (non-hydrogen) atoms. The molecule has 0 aliphatic carbocycles. The number of carbonyl (C=O) groups excluding carboxylic acids is 2. The number of hydrogen-bond acceptors (Lipinski definition) is 5. The van der Waals surface area contributed by atoms with E-state index < -0.39 is 5.97 Å². The van der Waals surface area contributed by atoms with Gasteiger partial charge in [-0.25, -0.2) is 4.79 Å². The fourth-order valence-corrected chi connectivity index (χ4v) is 3.43. The summed E-state index contributed by atoms with van der Waals surface area (Å²) in [5.41, 5.74) is 4.08. The van der Waals surface area contributed by atoms with Gasteiger partial charge >= 0.3 is 5.97 Å². The molecule has 1 amide bonds. The first-order valence-corrected chi connectivity index (χ1v) is 10.5. The molecule has 1 aliphatic heterocycles. The Bertz CT molecular complexity index is 871. The van der Waals surface area contributed by atoms with Gasteiger partial charge in [-0.3, -0.25) is 4.79 Å². The van der Waals surface area contributed by atoms with Gasteiger partial charge in [0, 0.05) is 24.5 Å². The molecule has 0 aromatic heterocycles. The second-order valence-electron chi connectivity index (χ2n) is 7.91. The number of carbonyl (C=O) groups is 2. The molecule has 0 bridgehead atoms. The van der Waals surface area contributed by atoms with Crippen LogP contribution in [0.15, 0.2) is 42.5 Å². The number of benzene rings is 2. The smallest absolute Gasteiger partial charge is 0.344 e. The van der Waals surface area contributed by atoms with Crippen molar-refractivity contribution in [1.29, 1.82) is 0 Å². The summed E-state index contributed by atoms with van der Waals surface area (Å²) in [4.78, 5) is 26.4. The van der Waals surface area contributed by atoms with Gasteiger partial charge in [0.15, 0.2) is 13.2 Å². The Labute approximate surface area is 178 Å². The summed E-state index contributed by atoms with van der Waals surface area (Å²) in [6, 6.07) is 13.6. The van der Waals surface area contributed by atoms with Crippen LogP contribution in [0, 0.1) is 6.92 Å². The summed E-state index contributed by atoms with van der Waals surface area (Å²) in [6.07, 6.45) is 2.44. The zero-order valence-electron chi connectivity index (χ0n) is 17.9. The van der Waals surface area contributed by atoms with Crippen LogP contribution >= 0.6 is 0 Å². The van der Waals surface area contributed by atoms with Crippen molar-refractivity contribution in [2.24, 2.45) is 0 Å². The minimum atomic E-state index is -0.584. The fraction of sp³-hybridized carbons (Fsp3) is 0.417. The van der Waals surface area contributed by atoms with Crippen molar-refractivity contribution in [3.63, 3.8) is 0 Å². The topological polar surface area (TPSA) is 67.9 Å². The maximum Gasteiger partial charge on any atom is 0.344 e. The Hall–Kier alpha value is -3.02. The number of nitrogens with zero attached hydrogens (tertiary/aromatic N) is 1. The number of rotatable bonds is 8. The lowest BCUT2D eigenvalue weighted by atomic mass is 10.0. The minimum absolute atomic E-state index is 0.238. The highest BCUT2D eigenvalue weighted by Crippen LogP contribution is 2.25. The normalized spacial score (nSPS) is 13.4.